The van der Waals surface area contributed by atoms with Crippen molar-refractivity contribution in [2.24, 2.45) is 16.7 Å². The predicted molar refractivity (Wildman–Crippen MR) is 78.3 cm³/mol. The molecule has 0 radical (unpaired) electrons. The Morgan fingerprint density at radius 2 is 1.95 bits per heavy atom. The third kappa shape index (κ3) is 2.24. The van der Waals surface area contributed by atoms with Crippen LogP contribution in [0.15, 0.2) is 0 Å². The lowest BCUT2D eigenvalue weighted by Gasteiger charge is -2.40. The van der Waals surface area contributed by atoms with E-state index in [2.05, 4.69) is 31.0 Å². The van der Waals surface area contributed by atoms with Crippen molar-refractivity contribution in [3.63, 3.8) is 0 Å². The Kier molecular flexibility index (Phi) is 3.65. The summed E-state index contributed by atoms with van der Waals surface area (Å²) in [7, 11) is 0. The molecule has 1 N–H and O–H groups in total. The molecule has 3 unspecified atom stereocenters. The largest absolute Gasteiger partial charge is 0.379 e. The van der Waals surface area contributed by atoms with Gasteiger partial charge in [0.1, 0.15) is 0 Å². The van der Waals surface area contributed by atoms with Crippen LogP contribution in [0.4, 0.5) is 0 Å². The minimum absolute atomic E-state index is 0.517. The van der Waals surface area contributed by atoms with Crippen LogP contribution in [0.25, 0.3) is 0 Å². The molecule has 2 aliphatic carbocycles. The van der Waals surface area contributed by atoms with E-state index in [1.165, 1.54) is 25.8 Å². The first-order valence-electron chi connectivity index (χ1n) is 8.07. The Bertz CT molecular complexity index is 325. The van der Waals surface area contributed by atoms with Crippen LogP contribution in [0.2, 0.25) is 0 Å². The number of nitrogens with one attached hydrogen (secondary N) is 1. The predicted octanol–water partition coefficient (Wildman–Crippen LogP) is 2.12. The van der Waals surface area contributed by atoms with E-state index in [4.69, 9.17) is 4.74 Å². The molecule has 3 heteroatoms. The smallest absolute Gasteiger partial charge is 0.0594 e. The van der Waals surface area contributed by atoms with Gasteiger partial charge in [-0.25, -0.2) is 0 Å². The highest BCUT2D eigenvalue weighted by Crippen LogP contribution is 2.65. The van der Waals surface area contributed by atoms with Crippen LogP contribution < -0.4 is 5.32 Å². The molecule has 1 heterocycles. The van der Waals surface area contributed by atoms with Gasteiger partial charge in [-0.05, 0) is 36.0 Å². The number of fused-ring (bicyclic) bond motifs is 2. The summed E-state index contributed by atoms with van der Waals surface area (Å²) in [4.78, 5) is 2.52. The van der Waals surface area contributed by atoms with E-state index in [1.807, 2.05) is 0 Å². The van der Waals surface area contributed by atoms with Crippen LogP contribution in [0.3, 0.4) is 0 Å². The SMILES string of the molecule is CC1(C)C2CCC1(C)C(NCCN1CCOCC1)C2. The Labute approximate surface area is 118 Å². The second-order valence-corrected chi connectivity index (χ2v) is 7.57. The molecule has 1 saturated heterocycles. The van der Waals surface area contributed by atoms with Gasteiger partial charge < -0.3 is 10.1 Å². The third-order valence-electron chi connectivity index (χ3n) is 6.72. The van der Waals surface area contributed by atoms with Crippen molar-refractivity contribution >= 4 is 0 Å². The maximum Gasteiger partial charge on any atom is 0.0594 e. The fourth-order valence-corrected chi connectivity index (χ4v) is 4.73. The molecule has 3 fully saturated rings. The van der Waals surface area contributed by atoms with Crippen molar-refractivity contribution in [2.45, 2.75) is 46.1 Å². The fraction of sp³-hybridized carbons (Fsp3) is 1.00. The number of hydrogen-bond donors (Lipinski definition) is 1. The maximum atomic E-state index is 5.40. The van der Waals surface area contributed by atoms with Gasteiger partial charge in [-0.2, -0.15) is 0 Å². The molecular formula is C16H30N2O. The molecule has 1 aliphatic heterocycles. The summed E-state index contributed by atoms with van der Waals surface area (Å²) in [6.07, 6.45) is 4.26. The Morgan fingerprint density at radius 1 is 1.21 bits per heavy atom. The van der Waals surface area contributed by atoms with Gasteiger partial charge in [-0.1, -0.05) is 20.8 Å². The first-order chi connectivity index (χ1) is 9.04. The lowest BCUT2D eigenvalue weighted by molar-refractivity contribution is 0.0368. The van der Waals surface area contributed by atoms with Crippen LogP contribution in [0.1, 0.15) is 40.0 Å². The van der Waals surface area contributed by atoms with Crippen LogP contribution in [0, 0.1) is 16.7 Å². The summed E-state index contributed by atoms with van der Waals surface area (Å²) in [5.41, 5.74) is 1.05. The van der Waals surface area contributed by atoms with E-state index in [0.29, 0.717) is 10.8 Å². The minimum atomic E-state index is 0.517. The standard InChI is InChI=1S/C16H30N2O/c1-15(2)13-4-5-16(15,3)14(12-13)17-6-7-18-8-10-19-11-9-18/h13-14,17H,4-12H2,1-3H3. The molecule has 0 amide bonds. The summed E-state index contributed by atoms with van der Waals surface area (Å²) in [6, 6.07) is 0.738. The lowest BCUT2D eigenvalue weighted by atomic mass is 9.69. The normalized spacial score (nSPS) is 41.8. The monoisotopic (exact) mass is 266 g/mol. The van der Waals surface area contributed by atoms with Crippen molar-refractivity contribution in [1.29, 1.82) is 0 Å². The van der Waals surface area contributed by atoms with Crippen molar-refractivity contribution in [3.8, 4) is 0 Å². The third-order valence-corrected chi connectivity index (χ3v) is 6.72. The van der Waals surface area contributed by atoms with Gasteiger partial charge in [-0.3, -0.25) is 4.90 Å². The van der Waals surface area contributed by atoms with Gasteiger partial charge in [0.25, 0.3) is 0 Å². The summed E-state index contributed by atoms with van der Waals surface area (Å²) in [6.45, 7) is 13.9. The molecule has 19 heavy (non-hydrogen) atoms. The fourth-order valence-electron chi connectivity index (χ4n) is 4.73. The van der Waals surface area contributed by atoms with Crippen molar-refractivity contribution < 1.29 is 4.74 Å². The number of hydrogen-bond acceptors (Lipinski definition) is 3. The zero-order valence-electron chi connectivity index (χ0n) is 12.9. The molecule has 3 atom stereocenters. The van der Waals surface area contributed by atoms with Crippen molar-refractivity contribution in [3.05, 3.63) is 0 Å². The van der Waals surface area contributed by atoms with Gasteiger partial charge in [0, 0.05) is 32.2 Å². The van der Waals surface area contributed by atoms with E-state index in [1.54, 1.807) is 0 Å². The van der Waals surface area contributed by atoms with Crippen molar-refractivity contribution in [2.75, 3.05) is 39.4 Å². The molecule has 0 aromatic rings. The number of rotatable bonds is 4. The highest BCUT2D eigenvalue weighted by molar-refractivity contribution is 5.12. The lowest BCUT2D eigenvalue weighted by Crippen LogP contribution is -2.47. The quantitative estimate of drug-likeness (QED) is 0.843. The first-order valence-corrected chi connectivity index (χ1v) is 8.07. The molecule has 2 bridgehead atoms. The molecule has 0 aromatic carbocycles. The molecule has 110 valence electrons. The number of ether oxygens (including phenoxy) is 1. The van der Waals surface area contributed by atoms with E-state index >= 15 is 0 Å². The van der Waals surface area contributed by atoms with Gasteiger partial charge in [0.05, 0.1) is 13.2 Å². The Morgan fingerprint density at radius 3 is 2.53 bits per heavy atom. The highest BCUT2D eigenvalue weighted by atomic mass is 16.5. The van der Waals surface area contributed by atoms with Gasteiger partial charge in [0.15, 0.2) is 0 Å². The second-order valence-electron chi connectivity index (χ2n) is 7.57. The zero-order valence-corrected chi connectivity index (χ0v) is 12.9. The summed E-state index contributed by atoms with van der Waals surface area (Å²) >= 11 is 0. The molecule has 3 nitrogen and oxygen atoms in total. The van der Waals surface area contributed by atoms with Gasteiger partial charge in [-0.15, -0.1) is 0 Å². The maximum absolute atomic E-state index is 5.40. The second kappa shape index (κ2) is 5.01. The van der Waals surface area contributed by atoms with Crippen LogP contribution >= 0.6 is 0 Å². The Balaban J connectivity index is 1.49. The first kappa shape index (κ1) is 13.8. The summed E-state index contributed by atoms with van der Waals surface area (Å²) < 4.78 is 5.40. The Hall–Kier alpha value is -0.120. The van der Waals surface area contributed by atoms with E-state index < -0.39 is 0 Å². The van der Waals surface area contributed by atoms with Gasteiger partial charge in [0.2, 0.25) is 0 Å². The van der Waals surface area contributed by atoms with Gasteiger partial charge >= 0.3 is 0 Å². The van der Waals surface area contributed by atoms with E-state index in [9.17, 15) is 0 Å². The van der Waals surface area contributed by atoms with E-state index in [0.717, 1.165) is 44.8 Å². The van der Waals surface area contributed by atoms with Crippen molar-refractivity contribution in [1.82, 2.24) is 10.2 Å². The van der Waals surface area contributed by atoms with Crippen LogP contribution in [-0.4, -0.2) is 50.3 Å². The average molecular weight is 266 g/mol. The van der Waals surface area contributed by atoms with Crippen LogP contribution in [0.5, 0.6) is 0 Å². The molecule has 2 saturated carbocycles. The van der Waals surface area contributed by atoms with E-state index in [-0.39, 0.29) is 0 Å². The average Bonchev–Trinajstić information content (AvgIpc) is 2.73. The topological polar surface area (TPSA) is 24.5 Å². The zero-order chi connectivity index (χ0) is 13.5. The molecule has 3 aliphatic rings. The molecular weight excluding hydrogens is 236 g/mol. The minimum Gasteiger partial charge on any atom is -0.379 e. The molecule has 3 rings (SSSR count). The summed E-state index contributed by atoms with van der Waals surface area (Å²) in [5.74, 6) is 0.943. The molecule has 0 aromatic heterocycles. The number of morpholine rings is 1. The van der Waals surface area contributed by atoms with Crippen LogP contribution in [-0.2, 0) is 4.74 Å². The highest BCUT2D eigenvalue weighted by Gasteiger charge is 2.60. The molecule has 0 spiro atoms. The number of nitrogens with zero attached hydrogens (tertiary/aromatic N) is 1. The summed E-state index contributed by atoms with van der Waals surface area (Å²) in [5, 5.41) is 3.87.